The van der Waals surface area contributed by atoms with Gasteiger partial charge in [-0.25, -0.2) is 4.98 Å². The molecule has 2 aromatic rings. The van der Waals surface area contributed by atoms with Crippen LogP contribution < -0.4 is 5.32 Å². The first-order chi connectivity index (χ1) is 9.74. The minimum atomic E-state index is 0.912. The highest BCUT2D eigenvalue weighted by Crippen LogP contribution is 2.15. The second-order valence-electron chi connectivity index (χ2n) is 5.24. The molecule has 3 nitrogen and oxygen atoms in total. The molecule has 0 spiro atoms. The fraction of sp³-hybridized carbons (Fsp3) is 0.471. The molecule has 0 saturated heterocycles. The van der Waals surface area contributed by atoms with Crippen molar-refractivity contribution in [3.8, 4) is 0 Å². The van der Waals surface area contributed by atoms with Crippen molar-refractivity contribution in [1.82, 2.24) is 14.9 Å². The summed E-state index contributed by atoms with van der Waals surface area (Å²) in [5.41, 5.74) is 4.08. The van der Waals surface area contributed by atoms with E-state index < -0.39 is 0 Å². The molecular formula is C17H25N3. The van der Waals surface area contributed by atoms with Gasteiger partial charge >= 0.3 is 0 Å². The van der Waals surface area contributed by atoms with Crippen LogP contribution in [-0.4, -0.2) is 16.1 Å². The monoisotopic (exact) mass is 271 g/mol. The van der Waals surface area contributed by atoms with Crippen molar-refractivity contribution in [2.75, 3.05) is 6.54 Å². The highest BCUT2D eigenvalue weighted by molar-refractivity contribution is 5.33. The molecule has 3 heteroatoms. The standard InChI is InChI=1S/C17H25N3/c1-4-8-18-13-15-6-7-16(14(3)11-15)12-17-19-9-10-20(17)5-2/h6-7,9-11,18H,4-5,8,12-13H2,1-3H3. The zero-order valence-corrected chi connectivity index (χ0v) is 12.8. The van der Waals surface area contributed by atoms with E-state index in [4.69, 9.17) is 0 Å². The molecule has 0 saturated carbocycles. The third-order valence-corrected chi connectivity index (χ3v) is 3.65. The average Bonchev–Trinajstić information content (AvgIpc) is 2.89. The van der Waals surface area contributed by atoms with Gasteiger partial charge in [-0.2, -0.15) is 0 Å². The molecule has 1 aromatic carbocycles. The number of hydrogen-bond acceptors (Lipinski definition) is 2. The number of nitrogens with zero attached hydrogens (tertiary/aromatic N) is 2. The molecule has 1 aromatic heterocycles. The van der Waals surface area contributed by atoms with E-state index in [-0.39, 0.29) is 0 Å². The van der Waals surface area contributed by atoms with E-state index in [9.17, 15) is 0 Å². The van der Waals surface area contributed by atoms with Crippen molar-refractivity contribution in [2.45, 2.75) is 46.7 Å². The summed E-state index contributed by atoms with van der Waals surface area (Å²) in [4.78, 5) is 4.46. The summed E-state index contributed by atoms with van der Waals surface area (Å²) in [5, 5.41) is 3.45. The Labute approximate surface area is 122 Å². The predicted molar refractivity (Wildman–Crippen MR) is 83.9 cm³/mol. The maximum atomic E-state index is 4.46. The van der Waals surface area contributed by atoms with Crippen molar-refractivity contribution >= 4 is 0 Å². The first-order valence-corrected chi connectivity index (χ1v) is 7.53. The molecule has 2 rings (SSSR count). The topological polar surface area (TPSA) is 29.9 Å². The van der Waals surface area contributed by atoms with Crippen LogP contribution in [-0.2, 0) is 19.5 Å². The van der Waals surface area contributed by atoms with Crippen molar-refractivity contribution in [1.29, 1.82) is 0 Å². The maximum absolute atomic E-state index is 4.46. The van der Waals surface area contributed by atoms with Gasteiger partial charge in [-0.15, -0.1) is 0 Å². The lowest BCUT2D eigenvalue weighted by Gasteiger charge is -2.10. The lowest BCUT2D eigenvalue weighted by Crippen LogP contribution is -2.14. The first-order valence-electron chi connectivity index (χ1n) is 7.53. The summed E-state index contributed by atoms with van der Waals surface area (Å²) in [6.07, 6.45) is 6.02. The Morgan fingerprint density at radius 3 is 2.80 bits per heavy atom. The summed E-state index contributed by atoms with van der Waals surface area (Å²) in [5.74, 6) is 1.15. The van der Waals surface area contributed by atoms with Gasteiger partial charge in [0.25, 0.3) is 0 Å². The number of nitrogens with one attached hydrogen (secondary N) is 1. The van der Waals surface area contributed by atoms with Crippen LogP contribution in [0.1, 0.15) is 42.8 Å². The van der Waals surface area contributed by atoms with Gasteiger partial charge in [0.1, 0.15) is 5.82 Å². The normalized spacial score (nSPS) is 10.9. The second-order valence-corrected chi connectivity index (χ2v) is 5.24. The molecule has 0 amide bonds. The molecule has 1 N–H and O–H groups in total. The van der Waals surface area contributed by atoms with Gasteiger partial charge < -0.3 is 9.88 Å². The van der Waals surface area contributed by atoms with Gasteiger partial charge in [0.15, 0.2) is 0 Å². The number of aryl methyl sites for hydroxylation is 2. The van der Waals surface area contributed by atoms with Crippen molar-refractivity contribution < 1.29 is 0 Å². The molecule has 0 atom stereocenters. The fourth-order valence-corrected chi connectivity index (χ4v) is 2.44. The number of benzene rings is 1. The Balaban J connectivity index is 2.06. The molecule has 1 heterocycles. The van der Waals surface area contributed by atoms with Crippen molar-refractivity contribution in [2.24, 2.45) is 0 Å². The molecule has 0 unspecified atom stereocenters. The Kier molecular flexibility index (Phi) is 5.36. The number of rotatable bonds is 7. The van der Waals surface area contributed by atoms with Gasteiger partial charge in [-0.3, -0.25) is 0 Å². The Hall–Kier alpha value is -1.61. The van der Waals surface area contributed by atoms with E-state index in [1.54, 1.807) is 0 Å². The van der Waals surface area contributed by atoms with Gasteiger partial charge in [-0.05, 0) is 43.5 Å². The van der Waals surface area contributed by atoms with E-state index in [0.29, 0.717) is 0 Å². The Morgan fingerprint density at radius 1 is 1.25 bits per heavy atom. The largest absolute Gasteiger partial charge is 0.335 e. The predicted octanol–water partition coefficient (Wildman–Crippen LogP) is 3.30. The molecule has 20 heavy (non-hydrogen) atoms. The Morgan fingerprint density at radius 2 is 2.10 bits per heavy atom. The molecule has 0 radical (unpaired) electrons. The van der Waals surface area contributed by atoms with Crippen LogP contribution in [0.25, 0.3) is 0 Å². The van der Waals surface area contributed by atoms with Gasteiger partial charge in [0.2, 0.25) is 0 Å². The molecule has 0 aliphatic carbocycles. The van der Waals surface area contributed by atoms with E-state index >= 15 is 0 Å². The van der Waals surface area contributed by atoms with E-state index in [0.717, 1.165) is 31.9 Å². The molecule has 108 valence electrons. The van der Waals surface area contributed by atoms with Crippen LogP contribution in [0.3, 0.4) is 0 Å². The minimum Gasteiger partial charge on any atom is -0.335 e. The SMILES string of the molecule is CCCNCc1ccc(Cc2nccn2CC)c(C)c1. The van der Waals surface area contributed by atoms with Gasteiger partial charge in [-0.1, -0.05) is 25.1 Å². The molecule has 0 bridgehead atoms. The second kappa shape index (κ2) is 7.25. The van der Waals surface area contributed by atoms with Crippen molar-refractivity contribution in [3.63, 3.8) is 0 Å². The van der Waals surface area contributed by atoms with Crippen LogP contribution in [0.15, 0.2) is 30.6 Å². The average molecular weight is 271 g/mol. The van der Waals surface area contributed by atoms with Gasteiger partial charge in [0.05, 0.1) is 0 Å². The lowest BCUT2D eigenvalue weighted by molar-refractivity contribution is 0.674. The minimum absolute atomic E-state index is 0.912. The first kappa shape index (κ1) is 14.8. The van der Waals surface area contributed by atoms with E-state index in [1.165, 1.54) is 23.1 Å². The van der Waals surface area contributed by atoms with E-state index in [2.05, 4.69) is 53.8 Å². The quantitative estimate of drug-likeness (QED) is 0.783. The summed E-state index contributed by atoms with van der Waals surface area (Å²) in [7, 11) is 0. The van der Waals surface area contributed by atoms with Crippen LogP contribution in [0.4, 0.5) is 0 Å². The van der Waals surface area contributed by atoms with Crippen LogP contribution in [0.2, 0.25) is 0 Å². The lowest BCUT2D eigenvalue weighted by atomic mass is 10.0. The molecular weight excluding hydrogens is 246 g/mol. The summed E-state index contributed by atoms with van der Waals surface area (Å²) in [6.45, 7) is 9.55. The van der Waals surface area contributed by atoms with E-state index in [1.807, 2.05) is 12.4 Å². The maximum Gasteiger partial charge on any atom is 0.113 e. The number of imidazole rings is 1. The zero-order chi connectivity index (χ0) is 14.4. The van der Waals surface area contributed by atoms with Crippen molar-refractivity contribution in [3.05, 3.63) is 53.1 Å². The summed E-state index contributed by atoms with van der Waals surface area (Å²) in [6, 6.07) is 6.76. The number of aromatic nitrogens is 2. The summed E-state index contributed by atoms with van der Waals surface area (Å²) >= 11 is 0. The fourth-order valence-electron chi connectivity index (χ4n) is 2.44. The highest BCUT2D eigenvalue weighted by atomic mass is 15.0. The van der Waals surface area contributed by atoms with Crippen LogP contribution in [0.5, 0.6) is 0 Å². The molecule has 0 aliphatic heterocycles. The van der Waals surface area contributed by atoms with Crippen LogP contribution in [0, 0.1) is 6.92 Å². The van der Waals surface area contributed by atoms with Gasteiger partial charge in [0, 0.05) is 31.9 Å². The highest BCUT2D eigenvalue weighted by Gasteiger charge is 2.06. The summed E-state index contributed by atoms with van der Waals surface area (Å²) < 4.78 is 2.20. The molecule has 0 fully saturated rings. The number of hydrogen-bond donors (Lipinski definition) is 1. The zero-order valence-electron chi connectivity index (χ0n) is 12.8. The van der Waals surface area contributed by atoms with Crippen LogP contribution >= 0.6 is 0 Å². The smallest absolute Gasteiger partial charge is 0.113 e. The third-order valence-electron chi connectivity index (χ3n) is 3.65. The Bertz CT molecular complexity index is 543. The third kappa shape index (κ3) is 3.70. The molecule has 0 aliphatic rings.